The first-order valence-electron chi connectivity index (χ1n) is 3.96. The first-order chi connectivity index (χ1) is 5.20. The van der Waals surface area contributed by atoms with Crippen LogP contribution in [0.15, 0.2) is 0 Å². The minimum absolute atomic E-state index is 0.0150. The van der Waals surface area contributed by atoms with Crippen molar-refractivity contribution >= 4 is 17.6 Å². The summed E-state index contributed by atoms with van der Waals surface area (Å²) in [6.45, 7) is 3.68. The molecule has 0 rings (SSSR count). The van der Waals surface area contributed by atoms with Crippen LogP contribution in [0.2, 0.25) is 0 Å². The number of esters is 1. The molecule has 11 heavy (non-hydrogen) atoms. The van der Waals surface area contributed by atoms with Crippen LogP contribution in [0.4, 0.5) is 0 Å². The lowest BCUT2D eigenvalue weighted by molar-refractivity contribution is -0.148. The van der Waals surface area contributed by atoms with Crippen LogP contribution in [0.3, 0.4) is 0 Å². The van der Waals surface area contributed by atoms with E-state index in [0.29, 0.717) is 12.3 Å². The maximum atomic E-state index is 10.7. The fraction of sp³-hybridized carbons (Fsp3) is 0.875. The molecule has 0 aromatic carbocycles. The Kier molecular flexibility index (Phi) is 6.33. The predicted molar refractivity (Wildman–Crippen MR) is 45.8 cm³/mol. The molecule has 0 amide bonds. The highest BCUT2D eigenvalue weighted by molar-refractivity contribution is 6.17. The lowest BCUT2D eigenvalue weighted by atomic mass is 10.2. The van der Waals surface area contributed by atoms with Crippen molar-refractivity contribution in [2.24, 2.45) is 0 Å². The molecule has 0 aromatic rings. The number of hydrogen-bond donors (Lipinski definition) is 0. The summed E-state index contributed by atoms with van der Waals surface area (Å²) in [7, 11) is 0. The third kappa shape index (κ3) is 6.17. The van der Waals surface area contributed by atoms with Crippen LogP contribution in [0.5, 0.6) is 0 Å². The molecule has 0 N–H and O–H groups in total. The van der Waals surface area contributed by atoms with Crippen molar-refractivity contribution in [2.45, 2.75) is 39.2 Å². The molecule has 0 aliphatic heterocycles. The Morgan fingerprint density at radius 3 is 2.73 bits per heavy atom. The summed E-state index contributed by atoms with van der Waals surface area (Å²) in [4.78, 5) is 10.7. The second-order valence-electron chi connectivity index (χ2n) is 2.49. The molecule has 1 unspecified atom stereocenters. The Labute approximate surface area is 72.9 Å². The summed E-state index contributed by atoms with van der Waals surface area (Å²) in [6.07, 6.45) is 2.22. The molecule has 0 heterocycles. The smallest absolute Gasteiger partial charge is 0.305 e. The molecule has 3 heteroatoms. The lowest BCUT2D eigenvalue weighted by Crippen LogP contribution is -2.13. The molecule has 0 fully saturated rings. The first-order valence-corrected chi connectivity index (χ1v) is 4.49. The fourth-order valence-corrected chi connectivity index (χ4v) is 0.886. The van der Waals surface area contributed by atoms with E-state index in [1.807, 2.05) is 6.92 Å². The molecule has 2 nitrogen and oxygen atoms in total. The van der Waals surface area contributed by atoms with Crippen LogP contribution < -0.4 is 0 Å². The molecule has 0 saturated carbocycles. The highest BCUT2D eigenvalue weighted by Gasteiger charge is 2.05. The number of carbonyl (C=O) groups excluding carboxylic acids is 1. The van der Waals surface area contributed by atoms with E-state index in [0.717, 1.165) is 12.8 Å². The number of halogens is 1. The SMILES string of the molecule is CCC(=O)OC(C)CCCCl. The normalized spacial score (nSPS) is 12.6. The number of alkyl halides is 1. The van der Waals surface area contributed by atoms with Gasteiger partial charge < -0.3 is 4.74 Å². The van der Waals surface area contributed by atoms with Crippen LogP contribution in [-0.2, 0) is 9.53 Å². The largest absolute Gasteiger partial charge is 0.463 e. The zero-order chi connectivity index (χ0) is 8.69. The van der Waals surface area contributed by atoms with E-state index in [1.165, 1.54) is 0 Å². The Morgan fingerprint density at radius 2 is 2.27 bits per heavy atom. The Hall–Kier alpha value is -0.240. The van der Waals surface area contributed by atoms with Gasteiger partial charge in [-0.15, -0.1) is 11.6 Å². The molecular formula is C8H15ClO2. The summed E-state index contributed by atoms with van der Waals surface area (Å²) in [6, 6.07) is 0. The van der Waals surface area contributed by atoms with Gasteiger partial charge in [0.15, 0.2) is 0 Å². The average molecular weight is 179 g/mol. The summed E-state index contributed by atoms with van der Waals surface area (Å²) in [5.74, 6) is 0.501. The van der Waals surface area contributed by atoms with E-state index in [-0.39, 0.29) is 12.1 Å². The van der Waals surface area contributed by atoms with Crippen molar-refractivity contribution in [2.75, 3.05) is 5.88 Å². The van der Waals surface area contributed by atoms with Crippen LogP contribution >= 0.6 is 11.6 Å². The van der Waals surface area contributed by atoms with Crippen molar-refractivity contribution < 1.29 is 9.53 Å². The van der Waals surface area contributed by atoms with E-state index in [2.05, 4.69) is 0 Å². The van der Waals surface area contributed by atoms with Gasteiger partial charge in [0.1, 0.15) is 0 Å². The highest BCUT2D eigenvalue weighted by atomic mass is 35.5. The van der Waals surface area contributed by atoms with Crippen molar-refractivity contribution in [1.82, 2.24) is 0 Å². The van der Waals surface area contributed by atoms with Crippen molar-refractivity contribution in [3.8, 4) is 0 Å². The van der Waals surface area contributed by atoms with Gasteiger partial charge >= 0.3 is 5.97 Å². The predicted octanol–water partition coefficient (Wildman–Crippen LogP) is 2.35. The van der Waals surface area contributed by atoms with Crippen LogP contribution in [-0.4, -0.2) is 18.0 Å². The monoisotopic (exact) mass is 178 g/mol. The zero-order valence-electron chi connectivity index (χ0n) is 7.10. The van der Waals surface area contributed by atoms with Gasteiger partial charge in [0.05, 0.1) is 6.10 Å². The Balaban J connectivity index is 3.35. The maximum Gasteiger partial charge on any atom is 0.305 e. The third-order valence-electron chi connectivity index (χ3n) is 1.37. The average Bonchev–Trinajstić information content (AvgIpc) is 2.00. The number of rotatable bonds is 5. The Morgan fingerprint density at radius 1 is 1.64 bits per heavy atom. The van der Waals surface area contributed by atoms with Gasteiger partial charge in [0, 0.05) is 12.3 Å². The highest BCUT2D eigenvalue weighted by Crippen LogP contribution is 2.03. The molecule has 0 saturated heterocycles. The van der Waals surface area contributed by atoms with E-state index in [1.54, 1.807) is 6.92 Å². The molecule has 0 bridgehead atoms. The number of carbonyl (C=O) groups is 1. The van der Waals surface area contributed by atoms with Gasteiger partial charge in [-0.05, 0) is 19.8 Å². The molecule has 0 aliphatic carbocycles. The summed E-state index contributed by atoms with van der Waals surface area (Å²) >= 11 is 5.48. The Bertz CT molecular complexity index is 115. The van der Waals surface area contributed by atoms with Gasteiger partial charge in [-0.2, -0.15) is 0 Å². The lowest BCUT2D eigenvalue weighted by Gasteiger charge is -2.10. The van der Waals surface area contributed by atoms with Crippen molar-refractivity contribution in [3.63, 3.8) is 0 Å². The second kappa shape index (κ2) is 6.47. The van der Waals surface area contributed by atoms with E-state index >= 15 is 0 Å². The van der Waals surface area contributed by atoms with Gasteiger partial charge in [0.25, 0.3) is 0 Å². The minimum atomic E-state index is -0.132. The maximum absolute atomic E-state index is 10.7. The molecule has 0 radical (unpaired) electrons. The first kappa shape index (κ1) is 10.8. The zero-order valence-corrected chi connectivity index (χ0v) is 7.86. The van der Waals surface area contributed by atoms with Gasteiger partial charge in [-0.25, -0.2) is 0 Å². The van der Waals surface area contributed by atoms with E-state index in [4.69, 9.17) is 16.3 Å². The van der Waals surface area contributed by atoms with E-state index < -0.39 is 0 Å². The minimum Gasteiger partial charge on any atom is -0.463 e. The standard InChI is InChI=1S/C8H15ClO2/c1-3-8(10)11-7(2)5-4-6-9/h7H,3-6H2,1-2H3. The van der Waals surface area contributed by atoms with E-state index in [9.17, 15) is 4.79 Å². The summed E-state index contributed by atoms with van der Waals surface area (Å²) in [5, 5.41) is 0. The van der Waals surface area contributed by atoms with Crippen LogP contribution in [0, 0.1) is 0 Å². The molecule has 0 aliphatic rings. The van der Waals surface area contributed by atoms with Crippen molar-refractivity contribution in [1.29, 1.82) is 0 Å². The number of hydrogen-bond acceptors (Lipinski definition) is 2. The third-order valence-corrected chi connectivity index (χ3v) is 1.63. The summed E-state index contributed by atoms with van der Waals surface area (Å²) < 4.78 is 5.00. The topological polar surface area (TPSA) is 26.3 Å². The van der Waals surface area contributed by atoms with Crippen LogP contribution in [0.25, 0.3) is 0 Å². The quantitative estimate of drug-likeness (QED) is 0.477. The molecule has 0 spiro atoms. The number of ether oxygens (including phenoxy) is 1. The molecule has 66 valence electrons. The van der Waals surface area contributed by atoms with Crippen LogP contribution in [0.1, 0.15) is 33.1 Å². The van der Waals surface area contributed by atoms with Gasteiger partial charge in [0.2, 0.25) is 0 Å². The summed E-state index contributed by atoms with van der Waals surface area (Å²) in [5.41, 5.74) is 0. The molecule has 0 aromatic heterocycles. The fourth-order valence-electron chi connectivity index (χ4n) is 0.731. The molecule has 1 atom stereocenters. The van der Waals surface area contributed by atoms with Crippen molar-refractivity contribution in [3.05, 3.63) is 0 Å². The van der Waals surface area contributed by atoms with Gasteiger partial charge in [-0.3, -0.25) is 4.79 Å². The molecular weight excluding hydrogens is 164 g/mol. The second-order valence-corrected chi connectivity index (χ2v) is 2.86. The van der Waals surface area contributed by atoms with Gasteiger partial charge in [-0.1, -0.05) is 6.92 Å².